The number of nitrogens with one attached hydrogen (secondary N) is 1. The van der Waals surface area contributed by atoms with Crippen molar-refractivity contribution in [2.75, 3.05) is 7.11 Å². The van der Waals surface area contributed by atoms with Crippen molar-refractivity contribution in [3.05, 3.63) is 29.3 Å². The molecule has 8 heteroatoms. The lowest BCUT2D eigenvalue weighted by Crippen LogP contribution is -2.42. The molecule has 7 nitrogen and oxygen atoms in total. The number of benzene rings is 1. The molecule has 0 saturated heterocycles. The first-order valence-electron chi connectivity index (χ1n) is 6.06. The Balaban J connectivity index is 3.06. The Bertz CT molecular complexity index is 632. The third-order valence-corrected chi connectivity index (χ3v) is 4.15. The Labute approximate surface area is 123 Å². The first-order valence-corrected chi connectivity index (χ1v) is 7.54. The summed E-state index contributed by atoms with van der Waals surface area (Å²) in [6.45, 7) is 3.46. The summed E-state index contributed by atoms with van der Waals surface area (Å²) in [7, 11) is -2.95. The largest absolute Gasteiger partial charge is 0.480 e. The van der Waals surface area contributed by atoms with Crippen molar-refractivity contribution >= 4 is 22.0 Å². The van der Waals surface area contributed by atoms with E-state index in [0.29, 0.717) is 0 Å². The number of hydrogen-bond acceptors (Lipinski definition) is 5. The van der Waals surface area contributed by atoms with Gasteiger partial charge >= 0.3 is 11.9 Å². The Morgan fingerprint density at radius 3 is 2.19 bits per heavy atom. The maximum Gasteiger partial charge on any atom is 0.322 e. The van der Waals surface area contributed by atoms with E-state index in [9.17, 15) is 18.0 Å². The molecular formula is C13H17NO6S. The van der Waals surface area contributed by atoms with E-state index in [1.807, 2.05) is 4.72 Å². The van der Waals surface area contributed by atoms with Gasteiger partial charge in [0.25, 0.3) is 0 Å². The molecule has 116 valence electrons. The molecule has 0 saturated carbocycles. The minimum absolute atomic E-state index is 0.0453. The van der Waals surface area contributed by atoms with Gasteiger partial charge in [0.15, 0.2) is 0 Å². The lowest BCUT2D eigenvalue weighted by molar-refractivity contribution is -0.147. The van der Waals surface area contributed by atoms with E-state index in [4.69, 9.17) is 5.11 Å². The highest BCUT2D eigenvalue weighted by atomic mass is 32.2. The van der Waals surface area contributed by atoms with E-state index in [1.54, 1.807) is 19.9 Å². The fraction of sp³-hybridized carbons (Fsp3) is 0.385. The molecule has 2 N–H and O–H groups in total. The van der Waals surface area contributed by atoms with Gasteiger partial charge < -0.3 is 9.84 Å². The van der Waals surface area contributed by atoms with Crippen molar-refractivity contribution in [1.82, 2.24) is 4.72 Å². The van der Waals surface area contributed by atoms with Gasteiger partial charge in [-0.1, -0.05) is 6.07 Å². The highest BCUT2D eigenvalue weighted by molar-refractivity contribution is 7.89. The van der Waals surface area contributed by atoms with E-state index < -0.39 is 34.4 Å². The molecule has 0 unspecified atom stereocenters. The summed E-state index contributed by atoms with van der Waals surface area (Å²) >= 11 is 0. The molecule has 1 rings (SSSR count). The predicted octanol–water partition coefficient (Wildman–Crippen LogP) is 0.598. The summed E-state index contributed by atoms with van der Waals surface area (Å²) in [6, 6.07) is 3.06. The number of rotatable bonds is 6. The molecule has 0 aliphatic carbocycles. The van der Waals surface area contributed by atoms with Crippen molar-refractivity contribution in [2.24, 2.45) is 0 Å². The fourth-order valence-electron chi connectivity index (χ4n) is 1.77. The molecular weight excluding hydrogens is 298 g/mol. The molecule has 1 atom stereocenters. The topological polar surface area (TPSA) is 110 Å². The summed E-state index contributed by atoms with van der Waals surface area (Å²) in [5.41, 5.74) is 1.46. The molecule has 0 heterocycles. The first kappa shape index (κ1) is 17.1. The smallest absolute Gasteiger partial charge is 0.322 e. The van der Waals surface area contributed by atoms with Crippen molar-refractivity contribution < 1.29 is 27.9 Å². The van der Waals surface area contributed by atoms with Crippen molar-refractivity contribution in [3.8, 4) is 0 Å². The molecule has 0 aromatic heterocycles. The van der Waals surface area contributed by atoms with Crippen LogP contribution in [0.25, 0.3) is 0 Å². The SMILES string of the molecule is COC(=O)C[C@H](NS(=O)(=O)c1cc(C)cc(C)c1)C(=O)O. The van der Waals surface area contributed by atoms with Crippen molar-refractivity contribution in [3.63, 3.8) is 0 Å². The van der Waals surface area contributed by atoms with Gasteiger partial charge in [0.1, 0.15) is 6.04 Å². The van der Waals surface area contributed by atoms with Crippen LogP contribution in [0, 0.1) is 13.8 Å². The van der Waals surface area contributed by atoms with Crippen LogP contribution in [0.1, 0.15) is 17.5 Å². The van der Waals surface area contributed by atoms with E-state index in [-0.39, 0.29) is 4.90 Å². The van der Waals surface area contributed by atoms with Crippen LogP contribution in [-0.2, 0) is 24.3 Å². The lowest BCUT2D eigenvalue weighted by atomic mass is 10.2. The predicted molar refractivity (Wildman–Crippen MR) is 74.3 cm³/mol. The molecule has 0 amide bonds. The number of methoxy groups -OCH3 is 1. The molecule has 1 aromatic rings. The van der Waals surface area contributed by atoms with E-state index in [1.165, 1.54) is 12.1 Å². The van der Waals surface area contributed by atoms with E-state index >= 15 is 0 Å². The second-order valence-electron chi connectivity index (χ2n) is 4.62. The molecule has 0 aliphatic rings. The van der Waals surface area contributed by atoms with Gasteiger partial charge in [-0.25, -0.2) is 8.42 Å². The van der Waals surface area contributed by atoms with Crippen LogP contribution in [-0.4, -0.2) is 38.6 Å². The monoisotopic (exact) mass is 315 g/mol. The molecule has 0 aliphatic heterocycles. The zero-order chi connectivity index (χ0) is 16.2. The third-order valence-electron chi connectivity index (χ3n) is 2.70. The van der Waals surface area contributed by atoms with Gasteiger partial charge in [-0.2, -0.15) is 4.72 Å². The average molecular weight is 315 g/mol. The van der Waals surface area contributed by atoms with Crippen LogP contribution in [0.3, 0.4) is 0 Å². The second kappa shape index (κ2) is 6.68. The number of hydrogen-bond donors (Lipinski definition) is 2. The maximum atomic E-state index is 12.2. The zero-order valence-electron chi connectivity index (χ0n) is 11.9. The highest BCUT2D eigenvalue weighted by Gasteiger charge is 2.28. The molecule has 0 spiro atoms. The number of carboxylic acids is 1. The van der Waals surface area contributed by atoms with Gasteiger partial charge in [-0.3, -0.25) is 9.59 Å². The Hall–Kier alpha value is -1.93. The number of aryl methyl sites for hydroxylation is 2. The lowest BCUT2D eigenvalue weighted by Gasteiger charge is -2.14. The van der Waals surface area contributed by atoms with Gasteiger partial charge in [-0.05, 0) is 37.1 Å². The Morgan fingerprint density at radius 1 is 1.24 bits per heavy atom. The van der Waals surface area contributed by atoms with Gasteiger partial charge in [-0.15, -0.1) is 0 Å². The van der Waals surface area contributed by atoms with Crippen LogP contribution >= 0.6 is 0 Å². The maximum absolute atomic E-state index is 12.2. The molecule has 1 aromatic carbocycles. The average Bonchev–Trinajstić information content (AvgIpc) is 2.36. The van der Waals surface area contributed by atoms with Crippen LogP contribution in [0.15, 0.2) is 23.1 Å². The zero-order valence-corrected chi connectivity index (χ0v) is 12.7. The van der Waals surface area contributed by atoms with E-state index in [0.717, 1.165) is 18.2 Å². The minimum atomic E-state index is -4.04. The van der Waals surface area contributed by atoms with Crippen molar-refractivity contribution in [1.29, 1.82) is 0 Å². The summed E-state index contributed by atoms with van der Waals surface area (Å²) < 4.78 is 30.7. The highest BCUT2D eigenvalue weighted by Crippen LogP contribution is 2.15. The number of ether oxygens (including phenoxy) is 1. The van der Waals surface area contributed by atoms with Gasteiger partial charge in [0.05, 0.1) is 18.4 Å². The van der Waals surface area contributed by atoms with Crippen LogP contribution in [0.5, 0.6) is 0 Å². The molecule has 0 radical (unpaired) electrons. The Kier molecular flexibility index (Phi) is 5.45. The van der Waals surface area contributed by atoms with Crippen LogP contribution in [0.4, 0.5) is 0 Å². The summed E-state index contributed by atoms with van der Waals surface area (Å²) in [6.07, 6.45) is -0.587. The van der Waals surface area contributed by atoms with E-state index in [2.05, 4.69) is 4.74 Å². The fourth-order valence-corrected chi connectivity index (χ4v) is 3.15. The first-order chi connectivity index (χ1) is 9.65. The number of aliphatic carboxylic acids is 1. The van der Waals surface area contributed by atoms with Gasteiger partial charge in [0.2, 0.25) is 10.0 Å². The second-order valence-corrected chi connectivity index (χ2v) is 6.33. The summed E-state index contributed by atoms with van der Waals surface area (Å²) in [4.78, 5) is 22.2. The molecule has 0 fully saturated rings. The Morgan fingerprint density at radius 2 is 1.76 bits per heavy atom. The molecule has 21 heavy (non-hydrogen) atoms. The summed E-state index contributed by atoms with van der Waals surface area (Å²) in [5.74, 6) is -2.26. The normalized spacial score (nSPS) is 12.7. The number of sulfonamides is 1. The van der Waals surface area contributed by atoms with Crippen LogP contribution < -0.4 is 4.72 Å². The van der Waals surface area contributed by atoms with Gasteiger partial charge in [0, 0.05) is 0 Å². The third kappa shape index (κ3) is 4.83. The number of carbonyl (C=O) groups excluding carboxylic acids is 1. The standard InChI is InChI=1S/C13H17NO6S/c1-8-4-9(2)6-10(5-8)21(18,19)14-11(13(16)17)7-12(15)20-3/h4-6,11,14H,7H2,1-3H3,(H,16,17)/t11-/m0/s1. The minimum Gasteiger partial charge on any atom is -0.480 e. The van der Waals surface area contributed by atoms with Crippen molar-refractivity contribution in [2.45, 2.75) is 31.2 Å². The number of carboxylic acid groups (broad SMARTS) is 1. The van der Waals surface area contributed by atoms with Crippen LogP contribution in [0.2, 0.25) is 0 Å². The number of esters is 1. The number of carbonyl (C=O) groups is 2. The quantitative estimate of drug-likeness (QED) is 0.744. The molecule has 0 bridgehead atoms. The summed E-state index contributed by atoms with van der Waals surface area (Å²) in [5, 5.41) is 9.00.